The van der Waals surface area contributed by atoms with Gasteiger partial charge in [-0.1, -0.05) is 12.8 Å². The second-order valence-corrected chi connectivity index (χ2v) is 4.09. The van der Waals surface area contributed by atoms with E-state index >= 15 is 0 Å². The van der Waals surface area contributed by atoms with Crippen LogP contribution in [-0.4, -0.2) is 37.5 Å². The maximum absolute atomic E-state index is 11.4. The summed E-state index contributed by atoms with van der Waals surface area (Å²) >= 11 is 0. The van der Waals surface area contributed by atoms with Crippen LogP contribution in [0.4, 0.5) is 0 Å². The average Bonchev–Trinajstić information content (AvgIpc) is 2.77. The summed E-state index contributed by atoms with van der Waals surface area (Å²) in [6, 6.07) is 0.482. The van der Waals surface area contributed by atoms with Gasteiger partial charge in [-0.2, -0.15) is 0 Å². The molecule has 0 aromatic carbocycles. The van der Waals surface area contributed by atoms with Gasteiger partial charge in [0.05, 0.1) is 13.1 Å². The molecule has 0 spiro atoms. The fraction of sp³-hybridized carbons (Fsp3) is 0.818. The third-order valence-electron chi connectivity index (χ3n) is 2.73. The molecule has 1 fully saturated rings. The molecule has 0 aliphatic heterocycles. The zero-order valence-electron chi connectivity index (χ0n) is 9.84. The lowest BCUT2D eigenvalue weighted by molar-refractivity contribution is -0.125. The molecule has 0 atom stereocenters. The largest absolute Gasteiger partial charge is 0.355 e. The van der Waals surface area contributed by atoms with Crippen molar-refractivity contribution in [1.29, 1.82) is 0 Å². The lowest BCUT2D eigenvalue weighted by Gasteiger charge is -2.11. The molecule has 1 rings (SSSR count). The third-order valence-corrected chi connectivity index (χ3v) is 2.73. The standard InChI is InChI=1S/C11H21N3O2/c1-2-12-10(15)8-14-11(16)7-13-9-5-3-4-6-9/h9,13H,2-8H2,1H3,(H,12,15)(H,14,16). The normalized spacial score (nSPS) is 16.1. The minimum atomic E-state index is -0.142. The first-order valence-corrected chi connectivity index (χ1v) is 5.99. The van der Waals surface area contributed by atoms with Crippen molar-refractivity contribution < 1.29 is 9.59 Å². The predicted octanol–water partition coefficient (Wildman–Crippen LogP) is -0.229. The highest BCUT2D eigenvalue weighted by Crippen LogP contribution is 2.16. The van der Waals surface area contributed by atoms with Crippen molar-refractivity contribution in [2.45, 2.75) is 38.6 Å². The zero-order chi connectivity index (χ0) is 11.8. The van der Waals surface area contributed by atoms with Crippen molar-refractivity contribution in [2.75, 3.05) is 19.6 Å². The minimum Gasteiger partial charge on any atom is -0.355 e. The van der Waals surface area contributed by atoms with E-state index in [0.717, 1.165) is 12.8 Å². The quantitative estimate of drug-likeness (QED) is 0.587. The summed E-state index contributed by atoms with van der Waals surface area (Å²) in [5.41, 5.74) is 0. The van der Waals surface area contributed by atoms with Crippen LogP contribution in [0, 0.1) is 0 Å². The Morgan fingerprint density at radius 2 is 1.69 bits per heavy atom. The van der Waals surface area contributed by atoms with Gasteiger partial charge in [0.1, 0.15) is 0 Å². The number of nitrogens with one attached hydrogen (secondary N) is 3. The van der Waals surface area contributed by atoms with E-state index in [1.807, 2.05) is 6.92 Å². The SMILES string of the molecule is CCNC(=O)CNC(=O)CNC1CCCC1. The Hall–Kier alpha value is -1.10. The monoisotopic (exact) mass is 227 g/mol. The maximum Gasteiger partial charge on any atom is 0.239 e. The number of likely N-dealkylation sites (N-methyl/N-ethyl adjacent to an activating group) is 1. The average molecular weight is 227 g/mol. The summed E-state index contributed by atoms with van der Waals surface area (Å²) in [7, 11) is 0. The Morgan fingerprint density at radius 3 is 2.31 bits per heavy atom. The fourth-order valence-electron chi connectivity index (χ4n) is 1.87. The van der Waals surface area contributed by atoms with Crippen LogP contribution >= 0.6 is 0 Å². The maximum atomic E-state index is 11.4. The first-order valence-electron chi connectivity index (χ1n) is 5.99. The zero-order valence-corrected chi connectivity index (χ0v) is 9.84. The van der Waals surface area contributed by atoms with E-state index < -0.39 is 0 Å². The van der Waals surface area contributed by atoms with Gasteiger partial charge in [-0.05, 0) is 19.8 Å². The Kier molecular flexibility index (Phi) is 5.85. The van der Waals surface area contributed by atoms with Crippen LogP contribution in [0.2, 0.25) is 0 Å². The predicted molar refractivity (Wildman–Crippen MR) is 62.0 cm³/mol. The Balaban J connectivity index is 2.04. The van der Waals surface area contributed by atoms with Crippen molar-refractivity contribution in [3.8, 4) is 0 Å². The van der Waals surface area contributed by atoms with Crippen LogP contribution < -0.4 is 16.0 Å². The molecule has 0 radical (unpaired) electrons. The molecule has 3 N–H and O–H groups in total. The highest BCUT2D eigenvalue weighted by Gasteiger charge is 2.15. The van der Waals surface area contributed by atoms with E-state index in [-0.39, 0.29) is 18.4 Å². The lowest BCUT2D eigenvalue weighted by atomic mass is 10.2. The number of carbonyl (C=O) groups is 2. The fourth-order valence-corrected chi connectivity index (χ4v) is 1.87. The molecule has 1 saturated carbocycles. The summed E-state index contributed by atoms with van der Waals surface area (Å²) < 4.78 is 0. The molecule has 0 heterocycles. The summed E-state index contributed by atoms with van der Waals surface area (Å²) in [5, 5.41) is 8.40. The van der Waals surface area contributed by atoms with Gasteiger partial charge in [-0.25, -0.2) is 0 Å². The molecule has 0 saturated heterocycles. The highest BCUT2D eigenvalue weighted by molar-refractivity contribution is 5.85. The third kappa shape index (κ3) is 5.11. The number of amides is 2. The Labute approximate surface area is 96.4 Å². The molecular weight excluding hydrogens is 206 g/mol. The van der Waals surface area contributed by atoms with E-state index in [2.05, 4.69) is 16.0 Å². The molecule has 0 aromatic rings. The first-order chi connectivity index (χ1) is 7.72. The van der Waals surface area contributed by atoms with Crippen molar-refractivity contribution in [2.24, 2.45) is 0 Å². The number of hydrogen-bond donors (Lipinski definition) is 3. The Morgan fingerprint density at radius 1 is 1.06 bits per heavy atom. The summed E-state index contributed by atoms with van der Waals surface area (Å²) in [6.45, 7) is 2.82. The summed E-state index contributed by atoms with van der Waals surface area (Å²) in [5.74, 6) is -0.255. The lowest BCUT2D eigenvalue weighted by Crippen LogP contribution is -2.42. The molecule has 2 amide bonds. The van der Waals surface area contributed by atoms with Crippen LogP contribution in [0.5, 0.6) is 0 Å². The van der Waals surface area contributed by atoms with Gasteiger partial charge < -0.3 is 16.0 Å². The van der Waals surface area contributed by atoms with Crippen molar-refractivity contribution in [3.05, 3.63) is 0 Å². The Bertz CT molecular complexity index is 237. The van der Waals surface area contributed by atoms with Gasteiger partial charge in [-0.15, -0.1) is 0 Å². The summed E-state index contributed by atoms with van der Waals surface area (Å²) in [6.07, 6.45) is 4.81. The van der Waals surface area contributed by atoms with Gasteiger partial charge in [0, 0.05) is 12.6 Å². The first kappa shape index (κ1) is 13.0. The van der Waals surface area contributed by atoms with Crippen molar-refractivity contribution in [1.82, 2.24) is 16.0 Å². The minimum absolute atomic E-state index is 0.0685. The molecule has 5 heteroatoms. The molecule has 0 unspecified atom stereocenters. The molecule has 0 aromatic heterocycles. The van der Waals surface area contributed by atoms with Gasteiger partial charge in [0.15, 0.2) is 0 Å². The van der Waals surface area contributed by atoms with Crippen LogP contribution in [-0.2, 0) is 9.59 Å². The van der Waals surface area contributed by atoms with Crippen LogP contribution in [0.15, 0.2) is 0 Å². The molecule has 1 aliphatic rings. The number of rotatable bonds is 6. The topological polar surface area (TPSA) is 70.2 Å². The second-order valence-electron chi connectivity index (χ2n) is 4.09. The van der Waals surface area contributed by atoms with E-state index in [0.29, 0.717) is 19.1 Å². The number of carbonyl (C=O) groups excluding carboxylic acids is 2. The number of hydrogen-bond acceptors (Lipinski definition) is 3. The van der Waals surface area contributed by atoms with Gasteiger partial charge in [0.25, 0.3) is 0 Å². The molecule has 1 aliphatic carbocycles. The van der Waals surface area contributed by atoms with Gasteiger partial charge in [-0.3, -0.25) is 9.59 Å². The van der Waals surface area contributed by atoms with Crippen molar-refractivity contribution in [3.63, 3.8) is 0 Å². The highest BCUT2D eigenvalue weighted by atomic mass is 16.2. The van der Waals surface area contributed by atoms with Gasteiger partial charge in [0.2, 0.25) is 11.8 Å². The van der Waals surface area contributed by atoms with E-state index in [4.69, 9.17) is 0 Å². The summed E-state index contributed by atoms with van der Waals surface area (Å²) in [4.78, 5) is 22.4. The van der Waals surface area contributed by atoms with E-state index in [1.54, 1.807) is 0 Å². The second kappa shape index (κ2) is 7.22. The molecule has 5 nitrogen and oxygen atoms in total. The van der Waals surface area contributed by atoms with Crippen LogP contribution in [0.3, 0.4) is 0 Å². The van der Waals surface area contributed by atoms with Crippen LogP contribution in [0.1, 0.15) is 32.6 Å². The molecule has 0 bridgehead atoms. The molecule has 16 heavy (non-hydrogen) atoms. The molecular formula is C11H21N3O2. The smallest absolute Gasteiger partial charge is 0.239 e. The van der Waals surface area contributed by atoms with E-state index in [9.17, 15) is 9.59 Å². The van der Waals surface area contributed by atoms with Crippen molar-refractivity contribution >= 4 is 11.8 Å². The van der Waals surface area contributed by atoms with Gasteiger partial charge >= 0.3 is 0 Å². The molecule has 92 valence electrons. The van der Waals surface area contributed by atoms with Crippen LogP contribution in [0.25, 0.3) is 0 Å². The van der Waals surface area contributed by atoms with E-state index in [1.165, 1.54) is 12.8 Å².